The molecular formula is C16H20FN3O3S. The highest BCUT2D eigenvalue weighted by atomic mass is 32.2. The van der Waals surface area contributed by atoms with E-state index in [1.807, 2.05) is 0 Å². The zero-order chi connectivity index (χ0) is 16.9. The normalized spacial score (nSPS) is 34.3. The number of aromatic nitrogens is 1. The maximum atomic E-state index is 13.2. The van der Waals surface area contributed by atoms with Gasteiger partial charge in [0.2, 0.25) is 5.91 Å². The van der Waals surface area contributed by atoms with Crippen LogP contribution in [0.3, 0.4) is 0 Å². The maximum absolute atomic E-state index is 13.2. The molecule has 1 heterocycles. The number of amides is 1. The average molecular weight is 353 g/mol. The minimum atomic E-state index is -4.03. The number of carbonyl (C=O) groups excluding carboxylic acids is 1. The first-order valence-corrected chi connectivity index (χ1v) is 9.77. The Kier molecular flexibility index (Phi) is 3.65. The standard InChI is InChI=1S/C16H20FN3O3S/c17-13-4-14(9-18-8-13)24(22,23)20-19-15(21)16-5-10-1-11(6-16)3-12(2-10)7-16/h4,8-12,20H,1-3,5-7H2,(H,19,21). The van der Waals surface area contributed by atoms with Gasteiger partial charge in [-0.15, -0.1) is 4.83 Å². The van der Waals surface area contributed by atoms with Crippen molar-refractivity contribution in [1.29, 1.82) is 0 Å². The van der Waals surface area contributed by atoms with Crippen LogP contribution in [0.15, 0.2) is 23.4 Å². The molecule has 0 radical (unpaired) electrons. The van der Waals surface area contributed by atoms with Gasteiger partial charge < -0.3 is 0 Å². The molecule has 1 aromatic rings. The van der Waals surface area contributed by atoms with Gasteiger partial charge >= 0.3 is 0 Å². The van der Waals surface area contributed by atoms with E-state index in [-0.39, 0.29) is 10.8 Å². The number of nitrogens with one attached hydrogen (secondary N) is 2. The van der Waals surface area contributed by atoms with Crippen molar-refractivity contribution in [1.82, 2.24) is 15.2 Å². The third-order valence-electron chi connectivity index (χ3n) is 5.81. The fourth-order valence-electron chi connectivity index (χ4n) is 5.23. The summed E-state index contributed by atoms with van der Waals surface area (Å²) in [5.74, 6) is 0.767. The van der Waals surface area contributed by atoms with Crippen LogP contribution >= 0.6 is 0 Å². The van der Waals surface area contributed by atoms with Crippen LogP contribution in [-0.4, -0.2) is 19.3 Å². The number of nitrogens with zero attached hydrogens (tertiary/aromatic N) is 1. The molecule has 4 fully saturated rings. The van der Waals surface area contributed by atoms with E-state index in [1.165, 1.54) is 19.3 Å². The van der Waals surface area contributed by atoms with Crippen LogP contribution in [0.1, 0.15) is 38.5 Å². The highest BCUT2D eigenvalue weighted by Gasteiger charge is 2.54. The molecule has 1 aromatic heterocycles. The van der Waals surface area contributed by atoms with E-state index in [0.29, 0.717) is 17.8 Å². The molecular weight excluding hydrogens is 333 g/mol. The van der Waals surface area contributed by atoms with E-state index < -0.39 is 21.3 Å². The van der Waals surface area contributed by atoms with Gasteiger partial charge in [0, 0.05) is 6.20 Å². The summed E-state index contributed by atoms with van der Waals surface area (Å²) in [7, 11) is -4.03. The van der Waals surface area contributed by atoms with Gasteiger partial charge in [-0.2, -0.15) is 0 Å². The fourth-order valence-corrected chi connectivity index (χ4v) is 6.05. The predicted molar refractivity (Wildman–Crippen MR) is 83.3 cm³/mol. The molecule has 0 aliphatic heterocycles. The second-order valence-corrected chi connectivity index (χ2v) is 9.28. The topological polar surface area (TPSA) is 88.2 Å². The summed E-state index contributed by atoms with van der Waals surface area (Å²) in [5, 5.41) is 0. The first-order chi connectivity index (χ1) is 11.4. The fraction of sp³-hybridized carbons (Fsp3) is 0.625. The summed E-state index contributed by atoms with van der Waals surface area (Å²) in [6.07, 6.45) is 8.10. The molecule has 4 saturated carbocycles. The second-order valence-electron chi connectivity index (χ2n) is 7.60. The van der Waals surface area contributed by atoms with Gasteiger partial charge in [0.05, 0.1) is 11.6 Å². The van der Waals surface area contributed by atoms with Gasteiger partial charge in [0.1, 0.15) is 10.7 Å². The Hall–Kier alpha value is -1.54. The lowest BCUT2D eigenvalue weighted by Crippen LogP contribution is -2.56. The quantitative estimate of drug-likeness (QED) is 0.807. The summed E-state index contributed by atoms with van der Waals surface area (Å²) in [4.78, 5) is 18.0. The number of carbonyl (C=O) groups is 1. The summed E-state index contributed by atoms with van der Waals surface area (Å²) in [5.41, 5.74) is 1.92. The molecule has 4 aliphatic carbocycles. The smallest absolute Gasteiger partial charge is 0.259 e. The number of hydrazine groups is 1. The van der Waals surface area contributed by atoms with Crippen molar-refractivity contribution in [3.05, 3.63) is 24.3 Å². The Bertz CT molecular complexity index is 745. The highest BCUT2D eigenvalue weighted by Crippen LogP contribution is 2.60. The Balaban J connectivity index is 1.47. The van der Waals surface area contributed by atoms with Crippen LogP contribution in [0, 0.1) is 29.0 Å². The predicted octanol–water partition coefficient (Wildman–Crippen LogP) is 1.75. The van der Waals surface area contributed by atoms with Crippen molar-refractivity contribution in [3.63, 3.8) is 0 Å². The molecule has 0 aromatic carbocycles. The number of halogens is 1. The number of hydrogen-bond donors (Lipinski definition) is 2. The Morgan fingerprint density at radius 1 is 1.12 bits per heavy atom. The van der Waals surface area contributed by atoms with Crippen LogP contribution in [0.5, 0.6) is 0 Å². The average Bonchev–Trinajstić information content (AvgIpc) is 2.51. The van der Waals surface area contributed by atoms with E-state index in [1.54, 1.807) is 0 Å². The third kappa shape index (κ3) is 2.71. The Labute approximate surface area is 140 Å². The summed E-state index contributed by atoms with van der Waals surface area (Å²) in [6.45, 7) is 0. The maximum Gasteiger partial charge on any atom is 0.259 e. The van der Waals surface area contributed by atoms with Crippen molar-refractivity contribution in [2.45, 2.75) is 43.4 Å². The van der Waals surface area contributed by atoms with Gasteiger partial charge in [-0.3, -0.25) is 15.2 Å². The molecule has 0 saturated heterocycles. The number of rotatable bonds is 4. The Morgan fingerprint density at radius 3 is 2.25 bits per heavy atom. The molecule has 5 rings (SSSR count). The summed E-state index contributed by atoms with van der Waals surface area (Å²) in [6, 6.07) is 0.867. The molecule has 1 amide bonds. The van der Waals surface area contributed by atoms with E-state index in [0.717, 1.165) is 37.7 Å². The molecule has 6 nitrogen and oxygen atoms in total. The zero-order valence-electron chi connectivity index (χ0n) is 13.2. The monoisotopic (exact) mass is 353 g/mol. The van der Waals surface area contributed by atoms with Crippen LogP contribution in [0.25, 0.3) is 0 Å². The molecule has 24 heavy (non-hydrogen) atoms. The van der Waals surface area contributed by atoms with Crippen LogP contribution in [-0.2, 0) is 14.8 Å². The van der Waals surface area contributed by atoms with Crippen LogP contribution < -0.4 is 10.3 Å². The lowest BCUT2D eigenvalue weighted by molar-refractivity contribution is -0.146. The lowest BCUT2D eigenvalue weighted by Gasteiger charge is -2.55. The van der Waals surface area contributed by atoms with Gasteiger partial charge in [-0.05, 0) is 62.3 Å². The van der Waals surface area contributed by atoms with Crippen molar-refractivity contribution < 1.29 is 17.6 Å². The lowest BCUT2D eigenvalue weighted by atomic mass is 9.49. The number of hydrogen-bond acceptors (Lipinski definition) is 4. The largest absolute Gasteiger partial charge is 0.277 e. The van der Waals surface area contributed by atoms with Crippen molar-refractivity contribution >= 4 is 15.9 Å². The SMILES string of the molecule is O=C(NNS(=O)(=O)c1cncc(F)c1)C12CC3CC(CC(C3)C1)C2. The van der Waals surface area contributed by atoms with Crippen molar-refractivity contribution in [2.24, 2.45) is 23.2 Å². The highest BCUT2D eigenvalue weighted by molar-refractivity contribution is 7.89. The number of pyridine rings is 1. The third-order valence-corrected chi connectivity index (χ3v) is 7.02. The van der Waals surface area contributed by atoms with Gasteiger partial charge in [-0.25, -0.2) is 12.8 Å². The minimum absolute atomic E-state index is 0.255. The van der Waals surface area contributed by atoms with Gasteiger partial charge in [-0.1, -0.05) is 0 Å². The molecule has 130 valence electrons. The first-order valence-electron chi connectivity index (χ1n) is 8.29. The molecule has 0 unspecified atom stereocenters. The van der Waals surface area contributed by atoms with Crippen LogP contribution in [0.2, 0.25) is 0 Å². The minimum Gasteiger partial charge on any atom is -0.277 e. The van der Waals surface area contributed by atoms with E-state index >= 15 is 0 Å². The van der Waals surface area contributed by atoms with Crippen molar-refractivity contribution in [3.8, 4) is 0 Å². The summed E-state index contributed by atoms with van der Waals surface area (Å²) >= 11 is 0. The van der Waals surface area contributed by atoms with E-state index in [2.05, 4.69) is 15.2 Å². The Morgan fingerprint density at radius 2 is 1.71 bits per heavy atom. The zero-order valence-corrected chi connectivity index (χ0v) is 14.0. The molecule has 2 N–H and O–H groups in total. The van der Waals surface area contributed by atoms with Crippen molar-refractivity contribution in [2.75, 3.05) is 0 Å². The van der Waals surface area contributed by atoms with E-state index in [4.69, 9.17) is 0 Å². The molecule has 4 bridgehead atoms. The van der Waals surface area contributed by atoms with Crippen LogP contribution in [0.4, 0.5) is 4.39 Å². The van der Waals surface area contributed by atoms with Gasteiger partial charge in [0.25, 0.3) is 10.0 Å². The first kappa shape index (κ1) is 16.0. The summed E-state index contributed by atoms with van der Waals surface area (Å²) < 4.78 is 37.5. The molecule has 8 heteroatoms. The van der Waals surface area contributed by atoms with E-state index in [9.17, 15) is 17.6 Å². The van der Waals surface area contributed by atoms with Gasteiger partial charge in [0.15, 0.2) is 0 Å². The molecule has 4 aliphatic rings. The molecule has 0 spiro atoms. The molecule has 0 atom stereocenters. The second kappa shape index (κ2) is 5.49. The number of sulfonamides is 1.